The Kier molecular flexibility index (Phi) is 4.59. The third kappa shape index (κ3) is 3.28. The van der Waals surface area contributed by atoms with E-state index in [1.807, 2.05) is 37.3 Å². The van der Waals surface area contributed by atoms with E-state index in [1.165, 1.54) is 16.2 Å². The average molecular weight is 357 g/mol. The van der Waals surface area contributed by atoms with E-state index in [0.717, 1.165) is 15.4 Å². The number of benzene rings is 1. The largest absolute Gasteiger partial charge is 0.414 e. The molecule has 2 amide bonds. The zero-order valence-corrected chi connectivity index (χ0v) is 15.3. The molecule has 6 nitrogen and oxygen atoms in total. The molecule has 0 radical (unpaired) electrons. The van der Waals surface area contributed by atoms with Crippen molar-refractivity contribution in [3.63, 3.8) is 0 Å². The third-order valence-corrected chi connectivity index (χ3v) is 4.85. The molecule has 1 aliphatic rings. The summed E-state index contributed by atoms with van der Waals surface area (Å²) >= 11 is 1.51. The van der Waals surface area contributed by atoms with Crippen molar-refractivity contribution in [1.82, 2.24) is 15.2 Å². The molecule has 1 aliphatic heterocycles. The standard InChI is InChI=1S/C18H19N3O3S/c1-10-15(24-18(23)21(3)4)13(16(22)19-10)14-11(2)25-17(20-14)12-8-6-5-7-9-12/h5-10H,1-4H3,(H,19,22). The number of hydrogen-bond acceptors (Lipinski definition) is 5. The minimum absolute atomic E-state index is 0.276. The number of carbonyl (C=O) groups excluding carboxylic acids is 2. The maximum absolute atomic E-state index is 12.4. The van der Waals surface area contributed by atoms with E-state index in [2.05, 4.69) is 10.3 Å². The Labute approximate surface area is 150 Å². The van der Waals surface area contributed by atoms with Crippen molar-refractivity contribution in [3.05, 3.63) is 46.7 Å². The second-order valence-corrected chi connectivity index (χ2v) is 7.19. The molecule has 0 aliphatic carbocycles. The van der Waals surface area contributed by atoms with Gasteiger partial charge in [-0.05, 0) is 13.8 Å². The number of carbonyl (C=O) groups is 2. The summed E-state index contributed by atoms with van der Waals surface area (Å²) in [6, 6.07) is 9.40. The first-order valence-corrected chi connectivity index (χ1v) is 8.67. The first-order chi connectivity index (χ1) is 11.9. The van der Waals surface area contributed by atoms with Crippen LogP contribution in [0.1, 0.15) is 17.5 Å². The molecule has 3 rings (SSSR count). The lowest BCUT2D eigenvalue weighted by molar-refractivity contribution is -0.115. The minimum Gasteiger partial charge on any atom is -0.412 e. The first-order valence-electron chi connectivity index (χ1n) is 7.86. The van der Waals surface area contributed by atoms with Gasteiger partial charge in [0.05, 0.1) is 11.7 Å². The highest BCUT2D eigenvalue weighted by Gasteiger charge is 2.35. The SMILES string of the molecule is Cc1sc(-c2ccccc2)nc1C1=C(OC(=O)N(C)C)C(C)NC1=O. The topological polar surface area (TPSA) is 71.5 Å². The highest BCUT2D eigenvalue weighted by atomic mass is 32.1. The molecule has 2 aromatic rings. The molecule has 1 aromatic heterocycles. The molecular weight excluding hydrogens is 338 g/mol. The van der Waals surface area contributed by atoms with Crippen LogP contribution in [0.2, 0.25) is 0 Å². The van der Waals surface area contributed by atoms with Crippen LogP contribution in [0.4, 0.5) is 4.79 Å². The fraction of sp³-hybridized carbons (Fsp3) is 0.278. The maximum atomic E-state index is 12.4. The van der Waals surface area contributed by atoms with Gasteiger partial charge in [0.15, 0.2) is 0 Å². The lowest BCUT2D eigenvalue weighted by Crippen LogP contribution is -2.29. The van der Waals surface area contributed by atoms with Crippen LogP contribution < -0.4 is 5.32 Å². The highest BCUT2D eigenvalue weighted by molar-refractivity contribution is 7.15. The van der Waals surface area contributed by atoms with E-state index < -0.39 is 6.09 Å². The predicted octanol–water partition coefficient (Wildman–Crippen LogP) is 3.05. The summed E-state index contributed by atoms with van der Waals surface area (Å²) in [6.45, 7) is 3.69. The summed E-state index contributed by atoms with van der Waals surface area (Å²) in [5.41, 5.74) is 1.88. The number of thiazole rings is 1. The Morgan fingerprint density at radius 1 is 1.28 bits per heavy atom. The van der Waals surface area contributed by atoms with Crippen molar-refractivity contribution in [3.8, 4) is 10.6 Å². The van der Waals surface area contributed by atoms with Crippen LogP contribution in [0.25, 0.3) is 16.1 Å². The van der Waals surface area contributed by atoms with Crippen LogP contribution in [0.15, 0.2) is 36.1 Å². The molecule has 130 valence electrons. The van der Waals surface area contributed by atoms with Crippen LogP contribution in [-0.2, 0) is 9.53 Å². The molecule has 1 unspecified atom stereocenters. The number of rotatable bonds is 3. The maximum Gasteiger partial charge on any atom is 0.414 e. The van der Waals surface area contributed by atoms with E-state index in [9.17, 15) is 9.59 Å². The fourth-order valence-corrected chi connectivity index (χ4v) is 3.47. The number of ether oxygens (including phenoxy) is 1. The van der Waals surface area contributed by atoms with Gasteiger partial charge in [0.2, 0.25) is 0 Å². The summed E-state index contributed by atoms with van der Waals surface area (Å²) < 4.78 is 5.44. The lowest BCUT2D eigenvalue weighted by Gasteiger charge is -2.14. The molecule has 0 saturated heterocycles. The quantitative estimate of drug-likeness (QED) is 0.916. The van der Waals surface area contributed by atoms with Gasteiger partial charge in [-0.15, -0.1) is 11.3 Å². The Bertz CT molecular complexity index is 856. The van der Waals surface area contributed by atoms with E-state index in [-0.39, 0.29) is 11.9 Å². The van der Waals surface area contributed by atoms with Gasteiger partial charge in [-0.3, -0.25) is 4.79 Å². The van der Waals surface area contributed by atoms with Gasteiger partial charge in [0.25, 0.3) is 5.91 Å². The van der Waals surface area contributed by atoms with Crippen molar-refractivity contribution in [2.75, 3.05) is 14.1 Å². The lowest BCUT2D eigenvalue weighted by atomic mass is 10.1. The van der Waals surface area contributed by atoms with E-state index >= 15 is 0 Å². The summed E-state index contributed by atoms with van der Waals surface area (Å²) in [5, 5.41) is 3.62. The zero-order valence-electron chi connectivity index (χ0n) is 14.5. The minimum atomic E-state index is -0.521. The number of amides is 2. The fourth-order valence-electron chi connectivity index (χ4n) is 2.54. The van der Waals surface area contributed by atoms with Crippen LogP contribution in [0.3, 0.4) is 0 Å². The second-order valence-electron chi connectivity index (χ2n) is 5.99. The summed E-state index contributed by atoms with van der Waals surface area (Å²) in [6.07, 6.45) is -0.521. The number of hydrogen-bond donors (Lipinski definition) is 1. The molecular formula is C18H19N3O3S. The summed E-state index contributed by atoms with van der Waals surface area (Å²) in [7, 11) is 3.19. The van der Waals surface area contributed by atoms with E-state index in [1.54, 1.807) is 21.0 Å². The summed E-state index contributed by atoms with van der Waals surface area (Å²) in [5.74, 6) is 0.0405. The molecule has 0 spiro atoms. The monoisotopic (exact) mass is 357 g/mol. The molecule has 1 N–H and O–H groups in total. The Morgan fingerprint density at radius 3 is 2.60 bits per heavy atom. The number of nitrogens with one attached hydrogen (secondary N) is 1. The van der Waals surface area contributed by atoms with Crippen molar-refractivity contribution in [2.24, 2.45) is 0 Å². The van der Waals surface area contributed by atoms with Crippen molar-refractivity contribution in [2.45, 2.75) is 19.9 Å². The number of aromatic nitrogens is 1. The van der Waals surface area contributed by atoms with Gasteiger partial charge in [0.1, 0.15) is 16.3 Å². The Morgan fingerprint density at radius 2 is 1.96 bits per heavy atom. The van der Waals surface area contributed by atoms with E-state index in [0.29, 0.717) is 17.0 Å². The van der Waals surface area contributed by atoms with Crippen LogP contribution in [0.5, 0.6) is 0 Å². The molecule has 25 heavy (non-hydrogen) atoms. The molecule has 0 bridgehead atoms. The van der Waals surface area contributed by atoms with E-state index in [4.69, 9.17) is 4.74 Å². The highest BCUT2D eigenvalue weighted by Crippen LogP contribution is 2.35. The first kappa shape index (κ1) is 17.2. The Balaban J connectivity index is 2.06. The van der Waals surface area contributed by atoms with Gasteiger partial charge in [-0.2, -0.15) is 0 Å². The summed E-state index contributed by atoms with van der Waals surface area (Å²) in [4.78, 5) is 31.3. The smallest absolute Gasteiger partial charge is 0.412 e. The predicted molar refractivity (Wildman–Crippen MR) is 97.0 cm³/mol. The zero-order chi connectivity index (χ0) is 18.1. The Hall–Kier alpha value is -2.67. The molecule has 7 heteroatoms. The third-order valence-electron chi connectivity index (χ3n) is 3.83. The second kappa shape index (κ2) is 6.68. The molecule has 1 atom stereocenters. The van der Waals surface area contributed by atoms with Gasteiger partial charge in [-0.1, -0.05) is 30.3 Å². The number of nitrogens with zero attached hydrogens (tertiary/aromatic N) is 2. The average Bonchev–Trinajstić information content (AvgIpc) is 3.08. The number of aryl methyl sites for hydroxylation is 1. The van der Waals surface area contributed by atoms with Gasteiger partial charge >= 0.3 is 6.09 Å². The van der Waals surface area contributed by atoms with Crippen molar-refractivity contribution >= 4 is 28.9 Å². The molecule has 0 saturated carbocycles. The van der Waals surface area contributed by atoms with Crippen molar-refractivity contribution < 1.29 is 14.3 Å². The molecule has 1 aromatic carbocycles. The molecule has 0 fully saturated rings. The van der Waals surface area contributed by atoms with Gasteiger partial charge in [-0.25, -0.2) is 9.78 Å². The normalized spacial score (nSPS) is 16.8. The van der Waals surface area contributed by atoms with Gasteiger partial charge < -0.3 is 15.0 Å². The molecule has 2 heterocycles. The van der Waals surface area contributed by atoms with Gasteiger partial charge in [0, 0.05) is 24.5 Å². The van der Waals surface area contributed by atoms with Crippen LogP contribution >= 0.6 is 11.3 Å². The van der Waals surface area contributed by atoms with Crippen molar-refractivity contribution in [1.29, 1.82) is 0 Å². The van der Waals surface area contributed by atoms with Crippen LogP contribution in [-0.4, -0.2) is 42.0 Å². The van der Waals surface area contributed by atoms with Crippen LogP contribution in [0, 0.1) is 6.92 Å².